The first kappa shape index (κ1) is 11.4. The topological polar surface area (TPSA) is 41.3 Å². The Morgan fingerprint density at radius 1 is 1.27 bits per heavy atom. The van der Waals surface area contributed by atoms with Crippen molar-refractivity contribution in [3.05, 3.63) is 0 Å². The van der Waals surface area contributed by atoms with Gasteiger partial charge in [0.2, 0.25) is 0 Å². The lowest BCUT2D eigenvalue weighted by atomic mass is 9.88. The molecule has 88 valence electrons. The van der Waals surface area contributed by atoms with Gasteiger partial charge in [-0.15, -0.1) is 0 Å². The van der Waals surface area contributed by atoms with Gasteiger partial charge in [-0.1, -0.05) is 12.8 Å². The van der Waals surface area contributed by atoms with Crippen LogP contribution in [0.2, 0.25) is 0 Å². The van der Waals surface area contributed by atoms with E-state index in [1.54, 1.807) is 0 Å². The van der Waals surface area contributed by atoms with E-state index in [1.807, 2.05) is 0 Å². The molecule has 2 rings (SSSR count). The Hall–Kier alpha value is -0.120. The van der Waals surface area contributed by atoms with Gasteiger partial charge >= 0.3 is 0 Å². The largest absolute Gasteiger partial charge is 0.328 e. The Labute approximate surface area is 93.4 Å². The Bertz CT molecular complexity index is 183. The molecule has 0 saturated heterocycles. The van der Waals surface area contributed by atoms with Gasteiger partial charge in [-0.25, -0.2) is 0 Å². The summed E-state index contributed by atoms with van der Waals surface area (Å²) in [7, 11) is 2.27. The number of likely N-dealkylation sites (N-methyl/N-ethyl adjacent to an activating group) is 1. The molecule has 0 heterocycles. The number of rotatable bonds is 5. The van der Waals surface area contributed by atoms with Crippen LogP contribution in [0.15, 0.2) is 0 Å². The number of nitrogens with two attached hydrogens (primary N) is 1. The molecule has 2 saturated carbocycles. The van der Waals surface area contributed by atoms with Crippen molar-refractivity contribution in [2.24, 2.45) is 5.73 Å². The zero-order chi connectivity index (χ0) is 10.7. The van der Waals surface area contributed by atoms with E-state index in [4.69, 9.17) is 5.73 Å². The standard InChI is InChI=1S/C12H25N3/c1-15(12-4-2-3-5-12)7-6-14-11-8-10(13)9-11/h10-12,14H,2-9,13H2,1H3. The highest BCUT2D eigenvalue weighted by molar-refractivity contribution is 4.87. The van der Waals surface area contributed by atoms with Crippen LogP contribution in [0.1, 0.15) is 38.5 Å². The van der Waals surface area contributed by atoms with E-state index in [2.05, 4.69) is 17.3 Å². The van der Waals surface area contributed by atoms with E-state index in [9.17, 15) is 0 Å². The molecule has 0 aromatic rings. The lowest BCUT2D eigenvalue weighted by Crippen LogP contribution is -2.50. The molecule has 0 amide bonds. The lowest BCUT2D eigenvalue weighted by Gasteiger charge is -2.34. The van der Waals surface area contributed by atoms with Crippen LogP contribution in [0.25, 0.3) is 0 Å². The second-order valence-electron chi connectivity index (χ2n) is 5.30. The molecule has 0 radical (unpaired) electrons. The summed E-state index contributed by atoms with van der Waals surface area (Å²) in [5.74, 6) is 0. The second-order valence-corrected chi connectivity index (χ2v) is 5.30. The van der Waals surface area contributed by atoms with Gasteiger partial charge in [0.25, 0.3) is 0 Å². The zero-order valence-electron chi connectivity index (χ0n) is 9.91. The molecular formula is C12H25N3. The maximum absolute atomic E-state index is 5.75. The van der Waals surface area contributed by atoms with Gasteiger partial charge in [-0.05, 0) is 32.7 Å². The van der Waals surface area contributed by atoms with Crippen molar-refractivity contribution in [2.45, 2.75) is 56.7 Å². The van der Waals surface area contributed by atoms with Gasteiger partial charge in [0.15, 0.2) is 0 Å². The highest BCUT2D eigenvalue weighted by Gasteiger charge is 2.25. The monoisotopic (exact) mass is 211 g/mol. The minimum atomic E-state index is 0.468. The predicted octanol–water partition coefficient (Wildman–Crippen LogP) is 0.940. The molecule has 0 bridgehead atoms. The first-order valence-corrected chi connectivity index (χ1v) is 6.45. The molecule has 3 N–H and O–H groups in total. The average molecular weight is 211 g/mol. The summed E-state index contributed by atoms with van der Waals surface area (Å²) in [6.45, 7) is 2.32. The highest BCUT2D eigenvalue weighted by atomic mass is 15.1. The van der Waals surface area contributed by atoms with Gasteiger partial charge < -0.3 is 16.0 Å². The third-order valence-corrected chi connectivity index (χ3v) is 4.02. The third kappa shape index (κ3) is 3.16. The Morgan fingerprint density at radius 2 is 1.93 bits per heavy atom. The molecule has 0 unspecified atom stereocenters. The molecule has 0 aromatic heterocycles. The van der Waals surface area contributed by atoms with E-state index in [1.165, 1.54) is 45.1 Å². The molecule has 15 heavy (non-hydrogen) atoms. The van der Waals surface area contributed by atoms with Gasteiger partial charge in [0.1, 0.15) is 0 Å². The van der Waals surface area contributed by atoms with Crippen LogP contribution in [0.3, 0.4) is 0 Å². The van der Waals surface area contributed by atoms with E-state index < -0.39 is 0 Å². The summed E-state index contributed by atoms with van der Waals surface area (Å²) in [5.41, 5.74) is 5.75. The van der Waals surface area contributed by atoms with Crippen LogP contribution < -0.4 is 11.1 Å². The Morgan fingerprint density at radius 3 is 2.53 bits per heavy atom. The van der Waals surface area contributed by atoms with E-state index in [0.717, 1.165) is 12.6 Å². The van der Waals surface area contributed by atoms with E-state index in [0.29, 0.717) is 12.1 Å². The minimum absolute atomic E-state index is 0.468. The molecule has 0 aliphatic heterocycles. The van der Waals surface area contributed by atoms with Crippen molar-refractivity contribution in [2.75, 3.05) is 20.1 Å². The summed E-state index contributed by atoms with van der Waals surface area (Å²) >= 11 is 0. The Balaban J connectivity index is 1.53. The van der Waals surface area contributed by atoms with Crippen LogP contribution >= 0.6 is 0 Å². The highest BCUT2D eigenvalue weighted by Crippen LogP contribution is 2.22. The third-order valence-electron chi connectivity index (χ3n) is 4.02. The number of hydrogen-bond acceptors (Lipinski definition) is 3. The summed E-state index contributed by atoms with van der Waals surface area (Å²) in [6.07, 6.45) is 8.02. The lowest BCUT2D eigenvalue weighted by molar-refractivity contribution is 0.226. The van der Waals surface area contributed by atoms with Crippen LogP contribution in [0.4, 0.5) is 0 Å². The van der Waals surface area contributed by atoms with Gasteiger partial charge in [-0.3, -0.25) is 0 Å². The fourth-order valence-corrected chi connectivity index (χ4v) is 2.80. The quantitative estimate of drug-likeness (QED) is 0.711. The van der Waals surface area contributed by atoms with Crippen LogP contribution in [-0.4, -0.2) is 43.2 Å². The zero-order valence-corrected chi connectivity index (χ0v) is 9.91. The first-order valence-electron chi connectivity index (χ1n) is 6.45. The Kier molecular flexibility index (Phi) is 4.00. The first-order chi connectivity index (χ1) is 7.25. The molecule has 2 aliphatic rings. The minimum Gasteiger partial charge on any atom is -0.328 e. The summed E-state index contributed by atoms with van der Waals surface area (Å²) < 4.78 is 0. The summed E-state index contributed by atoms with van der Waals surface area (Å²) in [6, 6.07) is 2.03. The normalized spacial score (nSPS) is 32.2. The van der Waals surface area contributed by atoms with Crippen molar-refractivity contribution >= 4 is 0 Å². The number of hydrogen-bond donors (Lipinski definition) is 2. The fourth-order valence-electron chi connectivity index (χ4n) is 2.80. The molecule has 2 fully saturated rings. The smallest absolute Gasteiger partial charge is 0.0107 e. The molecule has 0 atom stereocenters. The van der Waals surface area contributed by atoms with Gasteiger partial charge in [-0.2, -0.15) is 0 Å². The van der Waals surface area contributed by atoms with E-state index in [-0.39, 0.29) is 0 Å². The van der Waals surface area contributed by atoms with Gasteiger partial charge in [0.05, 0.1) is 0 Å². The van der Waals surface area contributed by atoms with E-state index >= 15 is 0 Å². The maximum Gasteiger partial charge on any atom is 0.0107 e. The molecule has 0 aromatic carbocycles. The molecule has 0 spiro atoms. The predicted molar refractivity (Wildman–Crippen MR) is 63.9 cm³/mol. The van der Waals surface area contributed by atoms with Crippen molar-refractivity contribution in [1.29, 1.82) is 0 Å². The number of nitrogens with zero attached hydrogens (tertiary/aromatic N) is 1. The summed E-state index contributed by atoms with van der Waals surface area (Å²) in [4.78, 5) is 2.53. The van der Waals surface area contributed by atoms with Gasteiger partial charge in [0, 0.05) is 31.2 Å². The van der Waals surface area contributed by atoms with Crippen LogP contribution in [0, 0.1) is 0 Å². The maximum atomic E-state index is 5.75. The van der Waals surface area contributed by atoms with Crippen LogP contribution in [-0.2, 0) is 0 Å². The number of nitrogens with one attached hydrogen (secondary N) is 1. The van der Waals surface area contributed by atoms with Crippen molar-refractivity contribution in [1.82, 2.24) is 10.2 Å². The SMILES string of the molecule is CN(CCNC1CC(N)C1)C1CCCC1. The summed E-state index contributed by atoms with van der Waals surface area (Å²) in [5, 5.41) is 3.58. The van der Waals surface area contributed by atoms with Crippen molar-refractivity contribution in [3.63, 3.8) is 0 Å². The van der Waals surface area contributed by atoms with Crippen LogP contribution in [0.5, 0.6) is 0 Å². The van der Waals surface area contributed by atoms with Crippen molar-refractivity contribution in [3.8, 4) is 0 Å². The molecule has 2 aliphatic carbocycles. The fraction of sp³-hybridized carbons (Fsp3) is 1.00. The average Bonchev–Trinajstić information content (AvgIpc) is 2.67. The molecule has 3 heteroatoms. The van der Waals surface area contributed by atoms with Crippen molar-refractivity contribution < 1.29 is 0 Å². The molecular weight excluding hydrogens is 186 g/mol. The second kappa shape index (κ2) is 5.28. The molecule has 3 nitrogen and oxygen atoms in total.